The Balaban J connectivity index is 1.47. The molecule has 1 unspecified atom stereocenters. The molecule has 1 aliphatic heterocycles. The number of carbonyl (C=O) groups is 2. The quantitative estimate of drug-likeness (QED) is 0.525. The molecule has 34 heavy (non-hydrogen) atoms. The molecule has 9 heteroatoms. The van der Waals surface area contributed by atoms with E-state index in [1.54, 1.807) is 24.3 Å². The van der Waals surface area contributed by atoms with Gasteiger partial charge in [0.1, 0.15) is 0 Å². The summed E-state index contributed by atoms with van der Waals surface area (Å²) in [7, 11) is -3.67. The molecule has 8 nitrogen and oxygen atoms in total. The van der Waals surface area contributed by atoms with Crippen LogP contribution in [-0.2, 0) is 36.3 Å². The number of hydrogen-bond donors (Lipinski definition) is 2. The van der Waals surface area contributed by atoms with E-state index < -0.39 is 16.0 Å². The number of esters is 1. The molecule has 1 atom stereocenters. The number of sulfonamides is 1. The van der Waals surface area contributed by atoms with Crippen molar-refractivity contribution in [1.82, 2.24) is 10.0 Å². The van der Waals surface area contributed by atoms with Crippen molar-refractivity contribution in [3.05, 3.63) is 65.2 Å². The molecule has 3 rings (SSSR count). The smallest absolute Gasteiger partial charge is 0.338 e. The first-order valence-corrected chi connectivity index (χ1v) is 12.8. The lowest BCUT2D eigenvalue weighted by atomic mass is 9.87. The Bertz CT molecular complexity index is 1080. The minimum absolute atomic E-state index is 0.0208. The zero-order valence-electron chi connectivity index (χ0n) is 19.8. The fraction of sp³-hybridized carbons (Fsp3) is 0.440. The predicted molar refractivity (Wildman–Crippen MR) is 128 cm³/mol. The van der Waals surface area contributed by atoms with Gasteiger partial charge < -0.3 is 14.8 Å². The van der Waals surface area contributed by atoms with E-state index in [-0.39, 0.29) is 41.0 Å². The van der Waals surface area contributed by atoms with Crippen LogP contribution in [0.2, 0.25) is 0 Å². The van der Waals surface area contributed by atoms with Crippen LogP contribution in [0.1, 0.15) is 55.1 Å². The van der Waals surface area contributed by atoms with Crippen LogP contribution in [0.4, 0.5) is 0 Å². The van der Waals surface area contributed by atoms with Crippen molar-refractivity contribution in [2.75, 3.05) is 19.8 Å². The maximum Gasteiger partial charge on any atom is 0.338 e. The highest BCUT2D eigenvalue weighted by Crippen LogP contribution is 2.23. The Labute approximate surface area is 201 Å². The minimum Gasteiger partial charge on any atom is -0.452 e. The zero-order chi connectivity index (χ0) is 24.8. The van der Waals surface area contributed by atoms with Crippen molar-refractivity contribution in [3.63, 3.8) is 0 Å². The third kappa shape index (κ3) is 7.38. The number of rotatable bonds is 9. The molecule has 0 aromatic heterocycles. The van der Waals surface area contributed by atoms with E-state index in [4.69, 9.17) is 9.47 Å². The monoisotopic (exact) mass is 488 g/mol. The number of nitrogens with one attached hydrogen (secondary N) is 2. The van der Waals surface area contributed by atoms with Gasteiger partial charge >= 0.3 is 5.97 Å². The largest absolute Gasteiger partial charge is 0.452 e. The molecule has 2 aromatic carbocycles. The molecule has 2 N–H and O–H groups in total. The first-order valence-electron chi connectivity index (χ1n) is 11.3. The zero-order valence-corrected chi connectivity index (χ0v) is 20.6. The predicted octanol–water partition coefficient (Wildman–Crippen LogP) is 2.91. The summed E-state index contributed by atoms with van der Waals surface area (Å²) < 4.78 is 38.2. The van der Waals surface area contributed by atoms with Gasteiger partial charge in [-0.1, -0.05) is 45.0 Å². The van der Waals surface area contributed by atoms with Crippen LogP contribution in [0.3, 0.4) is 0 Å². The molecule has 0 bridgehead atoms. The summed E-state index contributed by atoms with van der Waals surface area (Å²) in [5, 5.41) is 2.69. The van der Waals surface area contributed by atoms with Crippen LogP contribution in [0.15, 0.2) is 53.4 Å². The molecule has 0 radical (unpaired) electrons. The van der Waals surface area contributed by atoms with Crippen molar-refractivity contribution in [1.29, 1.82) is 0 Å². The first kappa shape index (κ1) is 25.9. The fourth-order valence-electron chi connectivity index (χ4n) is 3.45. The minimum atomic E-state index is -3.67. The average molecular weight is 489 g/mol. The van der Waals surface area contributed by atoms with Gasteiger partial charge in [-0.25, -0.2) is 17.9 Å². The van der Waals surface area contributed by atoms with Gasteiger partial charge in [-0.3, -0.25) is 4.79 Å². The van der Waals surface area contributed by atoms with Crippen LogP contribution < -0.4 is 10.0 Å². The second-order valence-electron chi connectivity index (χ2n) is 9.31. The van der Waals surface area contributed by atoms with Crippen molar-refractivity contribution in [2.24, 2.45) is 0 Å². The van der Waals surface area contributed by atoms with E-state index in [9.17, 15) is 18.0 Å². The van der Waals surface area contributed by atoms with Gasteiger partial charge in [0.15, 0.2) is 6.61 Å². The van der Waals surface area contributed by atoms with Gasteiger partial charge in [-0.05, 0) is 53.6 Å². The Hall–Kier alpha value is -2.75. The van der Waals surface area contributed by atoms with Gasteiger partial charge in [0.05, 0.1) is 16.6 Å². The first-order chi connectivity index (χ1) is 16.0. The van der Waals surface area contributed by atoms with E-state index in [1.165, 1.54) is 12.1 Å². The Morgan fingerprint density at radius 3 is 2.32 bits per heavy atom. The summed E-state index contributed by atoms with van der Waals surface area (Å²) in [6.45, 7) is 7.01. The van der Waals surface area contributed by atoms with Crippen molar-refractivity contribution >= 4 is 21.9 Å². The summed E-state index contributed by atoms with van der Waals surface area (Å²) >= 11 is 0. The fourth-order valence-corrected chi connectivity index (χ4v) is 4.47. The molecule has 2 aromatic rings. The van der Waals surface area contributed by atoms with Gasteiger partial charge in [0.2, 0.25) is 10.0 Å². The molecule has 1 fully saturated rings. The van der Waals surface area contributed by atoms with Crippen LogP contribution in [-0.4, -0.2) is 46.2 Å². The third-order valence-electron chi connectivity index (χ3n) is 5.57. The Morgan fingerprint density at radius 1 is 1.06 bits per heavy atom. The average Bonchev–Trinajstić information content (AvgIpc) is 3.33. The maximum atomic E-state index is 12.6. The molecule has 1 saturated heterocycles. The van der Waals surface area contributed by atoms with E-state index in [1.807, 2.05) is 12.1 Å². The SMILES string of the molecule is CC(C)(C)c1ccc(S(=O)(=O)NCc2ccc(C(=O)OCC(=O)NCC3CCCO3)cc2)cc1. The Morgan fingerprint density at radius 2 is 1.74 bits per heavy atom. The number of ether oxygens (including phenoxy) is 2. The summed E-state index contributed by atoms with van der Waals surface area (Å²) in [6, 6.07) is 13.2. The van der Waals surface area contributed by atoms with Crippen LogP contribution in [0.5, 0.6) is 0 Å². The van der Waals surface area contributed by atoms with Crippen LogP contribution >= 0.6 is 0 Å². The number of amides is 1. The lowest BCUT2D eigenvalue weighted by Gasteiger charge is -2.19. The number of carbonyl (C=O) groups excluding carboxylic acids is 2. The molecule has 0 spiro atoms. The summed E-state index contributed by atoms with van der Waals surface area (Å²) in [5.41, 5.74) is 1.94. The van der Waals surface area contributed by atoms with Gasteiger partial charge in [-0.2, -0.15) is 0 Å². The van der Waals surface area contributed by atoms with Crippen LogP contribution in [0, 0.1) is 0 Å². The lowest BCUT2D eigenvalue weighted by molar-refractivity contribution is -0.124. The second-order valence-corrected chi connectivity index (χ2v) is 11.1. The highest BCUT2D eigenvalue weighted by Gasteiger charge is 2.19. The van der Waals surface area contributed by atoms with Gasteiger partial charge in [-0.15, -0.1) is 0 Å². The normalized spacial score (nSPS) is 16.3. The molecule has 0 saturated carbocycles. The maximum absolute atomic E-state index is 12.6. The number of benzene rings is 2. The van der Waals surface area contributed by atoms with E-state index in [0.29, 0.717) is 18.7 Å². The third-order valence-corrected chi connectivity index (χ3v) is 6.99. The molecule has 1 amide bonds. The Kier molecular flexibility index (Phi) is 8.46. The summed E-state index contributed by atoms with van der Waals surface area (Å²) in [4.78, 5) is 24.2. The topological polar surface area (TPSA) is 111 Å². The van der Waals surface area contributed by atoms with E-state index >= 15 is 0 Å². The highest BCUT2D eigenvalue weighted by molar-refractivity contribution is 7.89. The molecule has 1 aliphatic rings. The van der Waals surface area contributed by atoms with Gasteiger partial charge in [0.25, 0.3) is 5.91 Å². The summed E-state index contributed by atoms with van der Waals surface area (Å²) in [5.74, 6) is -1.01. The van der Waals surface area contributed by atoms with Crippen LogP contribution in [0.25, 0.3) is 0 Å². The van der Waals surface area contributed by atoms with E-state index in [0.717, 1.165) is 18.4 Å². The molecular formula is C25H32N2O6S. The highest BCUT2D eigenvalue weighted by atomic mass is 32.2. The van der Waals surface area contributed by atoms with Crippen molar-refractivity contribution in [2.45, 2.75) is 56.6 Å². The lowest BCUT2D eigenvalue weighted by Crippen LogP contribution is -2.34. The second kappa shape index (κ2) is 11.1. The van der Waals surface area contributed by atoms with E-state index in [2.05, 4.69) is 30.8 Å². The van der Waals surface area contributed by atoms with Crippen molar-refractivity contribution < 1.29 is 27.5 Å². The molecule has 0 aliphatic carbocycles. The number of hydrogen-bond acceptors (Lipinski definition) is 6. The molecular weight excluding hydrogens is 456 g/mol. The summed E-state index contributed by atoms with van der Waals surface area (Å²) in [6.07, 6.45) is 1.91. The molecule has 184 valence electrons. The van der Waals surface area contributed by atoms with Gasteiger partial charge in [0, 0.05) is 19.7 Å². The molecule has 1 heterocycles. The standard InChI is InChI=1S/C25H32N2O6S/c1-25(2,3)20-10-12-22(13-11-20)34(30,31)27-15-18-6-8-19(9-7-18)24(29)33-17-23(28)26-16-21-5-4-14-32-21/h6-13,21,27H,4-5,14-17H2,1-3H3,(H,26,28). The van der Waals surface area contributed by atoms with Crippen molar-refractivity contribution in [3.8, 4) is 0 Å².